The molecule has 0 aliphatic heterocycles. The van der Waals surface area contributed by atoms with E-state index in [1.165, 1.54) is 25.3 Å². The Labute approximate surface area is 128 Å². The Morgan fingerprint density at radius 2 is 2.05 bits per heavy atom. The lowest BCUT2D eigenvalue weighted by molar-refractivity contribution is 0.00664. The van der Waals surface area contributed by atoms with Crippen molar-refractivity contribution in [1.82, 2.24) is 5.43 Å². The fourth-order valence-corrected chi connectivity index (χ4v) is 3.56. The number of methoxy groups -OCH3 is 1. The van der Waals surface area contributed by atoms with Crippen molar-refractivity contribution >= 4 is 15.9 Å². The van der Waals surface area contributed by atoms with Crippen LogP contribution in [0.2, 0.25) is 0 Å². The molecule has 3 nitrogen and oxygen atoms in total. The summed E-state index contributed by atoms with van der Waals surface area (Å²) in [6.45, 7) is 0. The molecule has 2 unspecified atom stereocenters. The molecule has 20 heavy (non-hydrogen) atoms. The van der Waals surface area contributed by atoms with Crippen molar-refractivity contribution in [3.05, 3.63) is 34.1 Å². The van der Waals surface area contributed by atoms with Crippen LogP contribution in [-0.2, 0) is 4.74 Å². The minimum atomic E-state index is -0.333. The molecule has 0 bridgehead atoms. The van der Waals surface area contributed by atoms with Crippen LogP contribution in [-0.4, -0.2) is 13.2 Å². The molecule has 2 atom stereocenters. The Hall–Kier alpha value is -0.490. The van der Waals surface area contributed by atoms with Gasteiger partial charge in [-0.25, -0.2) is 4.39 Å². The maximum atomic E-state index is 14.1. The maximum absolute atomic E-state index is 14.1. The summed E-state index contributed by atoms with van der Waals surface area (Å²) in [5.41, 5.74) is 3.30. The Bertz CT molecular complexity index is 438. The predicted molar refractivity (Wildman–Crippen MR) is 81.5 cm³/mol. The summed E-state index contributed by atoms with van der Waals surface area (Å²) in [5, 5.41) is 0. The van der Waals surface area contributed by atoms with Crippen LogP contribution in [0.25, 0.3) is 0 Å². The largest absolute Gasteiger partial charge is 0.379 e. The van der Waals surface area contributed by atoms with Gasteiger partial charge in [-0.2, -0.15) is 0 Å². The number of nitrogens with two attached hydrogens (primary N) is 1. The second kappa shape index (κ2) is 7.50. The Kier molecular flexibility index (Phi) is 5.96. The number of ether oxygens (including phenoxy) is 1. The monoisotopic (exact) mass is 344 g/mol. The van der Waals surface area contributed by atoms with E-state index in [0.29, 0.717) is 11.5 Å². The van der Waals surface area contributed by atoms with Gasteiger partial charge in [-0.1, -0.05) is 35.2 Å². The minimum absolute atomic E-state index is 0.107. The number of benzene rings is 1. The van der Waals surface area contributed by atoms with Gasteiger partial charge in [-0.05, 0) is 37.0 Å². The van der Waals surface area contributed by atoms with Gasteiger partial charge < -0.3 is 4.74 Å². The molecule has 112 valence electrons. The Balaban J connectivity index is 2.26. The number of halogens is 2. The van der Waals surface area contributed by atoms with Crippen molar-refractivity contribution in [2.24, 2.45) is 11.8 Å². The molecular formula is C15H22BrFN2O. The number of hydrogen-bond donors (Lipinski definition) is 2. The van der Waals surface area contributed by atoms with E-state index in [4.69, 9.17) is 10.6 Å². The topological polar surface area (TPSA) is 47.3 Å². The SMILES string of the molecule is COC(C1CCCCC1)C(NN)c1cc(Br)ccc1F. The molecule has 0 amide bonds. The molecule has 1 saturated carbocycles. The second-order valence-corrected chi connectivity index (χ2v) is 6.32. The zero-order valence-electron chi connectivity index (χ0n) is 11.7. The number of hydrogen-bond acceptors (Lipinski definition) is 3. The summed E-state index contributed by atoms with van der Waals surface area (Å²) in [6.07, 6.45) is 5.83. The fourth-order valence-electron chi connectivity index (χ4n) is 3.18. The summed E-state index contributed by atoms with van der Waals surface area (Å²) < 4.78 is 20.6. The van der Waals surface area contributed by atoms with Crippen molar-refractivity contribution in [1.29, 1.82) is 0 Å². The van der Waals surface area contributed by atoms with Crippen molar-refractivity contribution < 1.29 is 9.13 Å². The molecular weight excluding hydrogens is 323 g/mol. The highest BCUT2D eigenvalue weighted by atomic mass is 79.9. The van der Waals surface area contributed by atoms with E-state index in [9.17, 15) is 4.39 Å². The summed E-state index contributed by atoms with van der Waals surface area (Å²) in [6, 6.07) is 4.58. The molecule has 0 aromatic heterocycles. The van der Waals surface area contributed by atoms with Gasteiger partial charge >= 0.3 is 0 Å². The lowest BCUT2D eigenvalue weighted by Gasteiger charge is -2.35. The first-order chi connectivity index (χ1) is 9.67. The minimum Gasteiger partial charge on any atom is -0.379 e. The third-order valence-corrected chi connectivity index (χ3v) is 4.68. The number of rotatable bonds is 5. The maximum Gasteiger partial charge on any atom is 0.128 e. The Morgan fingerprint density at radius 3 is 2.65 bits per heavy atom. The van der Waals surface area contributed by atoms with E-state index >= 15 is 0 Å². The molecule has 0 heterocycles. The highest BCUT2D eigenvalue weighted by Gasteiger charge is 2.32. The van der Waals surface area contributed by atoms with Crippen LogP contribution in [0.4, 0.5) is 4.39 Å². The van der Waals surface area contributed by atoms with Crippen LogP contribution in [0.3, 0.4) is 0 Å². The third kappa shape index (κ3) is 3.58. The molecule has 0 radical (unpaired) electrons. The van der Waals surface area contributed by atoms with Crippen LogP contribution >= 0.6 is 15.9 Å². The average Bonchev–Trinajstić information content (AvgIpc) is 2.48. The Morgan fingerprint density at radius 1 is 1.35 bits per heavy atom. The first kappa shape index (κ1) is 15.9. The van der Waals surface area contributed by atoms with Gasteiger partial charge in [-0.3, -0.25) is 11.3 Å². The summed E-state index contributed by atoms with van der Waals surface area (Å²) in [4.78, 5) is 0. The summed E-state index contributed by atoms with van der Waals surface area (Å²) in [7, 11) is 1.68. The quantitative estimate of drug-likeness (QED) is 0.632. The van der Waals surface area contributed by atoms with E-state index < -0.39 is 0 Å². The van der Waals surface area contributed by atoms with Crippen molar-refractivity contribution in [3.63, 3.8) is 0 Å². The van der Waals surface area contributed by atoms with E-state index in [2.05, 4.69) is 21.4 Å². The molecule has 1 fully saturated rings. The average molecular weight is 345 g/mol. The predicted octanol–water partition coefficient (Wildman–Crippen LogP) is 3.69. The second-order valence-electron chi connectivity index (χ2n) is 5.41. The van der Waals surface area contributed by atoms with Crippen molar-refractivity contribution in [2.75, 3.05) is 7.11 Å². The van der Waals surface area contributed by atoms with Crippen LogP contribution in [0.15, 0.2) is 22.7 Å². The van der Waals surface area contributed by atoms with Crippen molar-refractivity contribution in [3.8, 4) is 0 Å². The normalized spacial score (nSPS) is 19.8. The fraction of sp³-hybridized carbons (Fsp3) is 0.600. The van der Waals surface area contributed by atoms with Gasteiger partial charge in [0, 0.05) is 17.1 Å². The smallest absolute Gasteiger partial charge is 0.128 e. The zero-order valence-corrected chi connectivity index (χ0v) is 13.3. The van der Waals surface area contributed by atoms with Gasteiger partial charge in [0.15, 0.2) is 0 Å². The lowest BCUT2D eigenvalue weighted by Crippen LogP contribution is -2.42. The van der Waals surface area contributed by atoms with Gasteiger partial charge in [0.25, 0.3) is 0 Å². The van der Waals surface area contributed by atoms with E-state index in [-0.39, 0.29) is 18.0 Å². The highest BCUT2D eigenvalue weighted by Crippen LogP contribution is 2.35. The zero-order chi connectivity index (χ0) is 14.5. The first-order valence-electron chi connectivity index (χ1n) is 7.11. The molecule has 1 aromatic carbocycles. The molecule has 1 aliphatic rings. The van der Waals surface area contributed by atoms with E-state index in [1.54, 1.807) is 19.2 Å². The molecule has 0 spiro atoms. The molecule has 5 heteroatoms. The third-order valence-electron chi connectivity index (χ3n) is 4.19. The molecule has 2 rings (SSSR count). The molecule has 0 saturated heterocycles. The van der Waals surface area contributed by atoms with Crippen molar-refractivity contribution in [2.45, 2.75) is 44.2 Å². The first-order valence-corrected chi connectivity index (χ1v) is 7.90. The number of nitrogens with one attached hydrogen (secondary N) is 1. The lowest BCUT2D eigenvalue weighted by atomic mass is 9.81. The van der Waals surface area contributed by atoms with Gasteiger partial charge in [0.05, 0.1) is 12.1 Å². The molecule has 3 N–H and O–H groups in total. The van der Waals surface area contributed by atoms with Crippen LogP contribution in [0.1, 0.15) is 43.7 Å². The van der Waals surface area contributed by atoms with Crippen LogP contribution in [0, 0.1) is 11.7 Å². The van der Waals surface area contributed by atoms with E-state index in [0.717, 1.165) is 17.3 Å². The summed E-state index contributed by atoms with van der Waals surface area (Å²) in [5.74, 6) is 5.86. The van der Waals surface area contributed by atoms with E-state index in [1.807, 2.05) is 0 Å². The van der Waals surface area contributed by atoms with Crippen LogP contribution < -0.4 is 11.3 Å². The molecule has 1 aromatic rings. The molecule has 1 aliphatic carbocycles. The van der Waals surface area contributed by atoms with Gasteiger partial charge in [0.1, 0.15) is 5.82 Å². The van der Waals surface area contributed by atoms with Crippen LogP contribution in [0.5, 0.6) is 0 Å². The standard InChI is InChI=1S/C15H22BrFN2O/c1-20-15(10-5-3-2-4-6-10)14(19-18)12-9-11(16)7-8-13(12)17/h7-10,14-15,19H,2-6,18H2,1H3. The number of hydrazine groups is 1. The highest BCUT2D eigenvalue weighted by molar-refractivity contribution is 9.10. The van der Waals surface area contributed by atoms with Gasteiger partial charge in [-0.15, -0.1) is 0 Å². The summed E-state index contributed by atoms with van der Waals surface area (Å²) >= 11 is 3.38. The van der Waals surface area contributed by atoms with Gasteiger partial charge in [0.2, 0.25) is 0 Å².